The van der Waals surface area contributed by atoms with Gasteiger partial charge in [0, 0.05) is 32.6 Å². The number of rotatable bonds is 38. The molecule has 3 saturated carbocycles. The van der Waals surface area contributed by atoms with Gasteiger partial charge in [-0.3, -0.25) is 24.0 Å². The molecule has 2 N–H and O–H groups in total. The van der Waals surface area contributed by atoms with Crippen LogP contribution in [-0.2, 0) is 57.1 Å². The van der Waals surface area contributed by atoms with Crippen LogP contribution in [0.5, 0.6) is 0 Å². The molecule has 7 rings (SSSR count). The fraction of sp³-hybridized carbons (Fsp3) is 0.483. The van der Waals surface area contributed by atoms with E-state index in [1.807, 2.05) is 36.5 Å². The topological polar surface area (TPSA) is 216 Å². The van der Waals surface area contributed by atoms with Gasteiger partial charge in [0.25, 0.3) is 0 Å². The van der Waals surface area contributed by atoms with Crippen LogP contribution in [0.4, 0.5) is 4.79 Å². The number of allylic oxidation sites excluding steroid dienone is 24. The molecular formula is C87H111NO15. The molecule has 12 atom stereocenters. The molecule has 1 amide bonds. The summed E-state index contributed by atoms with van der Waals surface area (Å²) in [5.41, 5.74) is -9.83. The summed E-state index contributed by atoms with van der Waals surface area (Å²) < 4.78 is 44.8. The number of carbonyl (C=O) groups excluding carboxylic acids is 7. The molecule has 0 bridgehead atoms. The number of nitrogens with one attached hydrogen (secondary N) is 1. The molecule has 0 aromatic heterocycles. The predicted octanol–water partition coefficient (Wildman–Crippen LogP) is 18.0. The summed E-state index contributed by atoms with van der Waals surface area (Å²) in [5, 5.41) is 17.1. The summed E-state index contributed by atoms with van der Waals surface area (Å²) in [4.78, 5) is 103. The van der Waals surface area contributed by atoms with E-state index in [0.29, 0.717) is 18.4 Å². The quantitative estimate of drug-likeness (QED) is 0.0363. The molecule has 554 valence electrons. The molecule has 1 heterocycles. The number of ketones is 1. The first-order chi connectivity index (χ1) is 49.5. The van der Waals surface area contributed by atoms with Crippen molar-refractivity contribution in [3.63, 3.8) is 0 Å². The fourth-order valence-electron chi connectivity index (χ4n) is 14.9. The van der Waals surface area contributed by atoms with Gasteiger partial charge in [0.05, 0.1) is 40.9 Å². The minimum atomic E-state index is -2.35. The summed E-state index contributed by atoms with van der Waals surface area (Å²) >= 11 is 0. The molecule has 3 unspecified atom stereocenters. The molecule has 2 aromatic rings. The molecule has 1 saturated heterocycles. The van der Waals surface area contributed by atoms with Crippen LogP contribution >= 0.6 is 0 Å². The number of hydrogen-bond donors (Lipinski definition) is 2. The SMILES string of the molecule is CC/C=C\C/C=C\C/C=C\C/C=C\C/C=C\C/C=C\CCC(=O)O[C@H]1C(=O)[C@]2(C)[C@@H](OC(=O)CC/C=C\C/C=C\C/C=C\C/C=C\C/C=C\C/C=C\CC)C[C@H]3OC[C@@]3(OC(C)=O)[C@H]2[C@H](OC(=O)c2ccccc2)[C@]2(O)CC3(OC(=O)[C@H](C)C(NC(=O)OC(C)(C)C)c4ccccc4)C(C)=C1C32C. The molecule has 4 fully saturated rings. The van der Waals surface area contributed by atoms with Crippen LogP contribution in [0.3, 0.4) is 0 Å². The number of esters is 5. The highest BCUT2D eigenvalue weighted by atomic mass is 16.6. The number of carbonyl (C=O) groups is 7. The van der Waals surface area contributed by atoms with E-state index in [1.165, 1.54) is 26.0 Å². The van der Waals surface area contributed by atoms with E-state index in [2.05, 4.69) is 129 Å². The average Bonchev–Trinajstić information content (AvgIpc) is 0.621. The van der Waals surface area contributed by atoms with E-state index < -0.39 is 124 Å². The van der Waals surface area contributed by atoms with Gasteiger partial charge in [0.2, 0.25) is 0 Å². The lowest BCUT2D eigenvalue weighted by molar-refractivity contribution is -0.376. The Morgan fingerprint density at radius 1 is 0.612 bits per heavy atom. The second kappa shape index (κ2) is 39.2. The number of fused-ring (bicyclic) bond motifs is 3. The van der Waals surface area contributed by atoms with Crippen LogP contribution in [0.15, 0.2) is 218 Å². The molecule has 16 nitrogen and oxygen atoms in total. The Balaban J connectivity index is 1.19. The van der Waals surface area contributed by atoms with Crippen molar-refractivity contribution in [1.82, 2.24) is 5.32 Å². The van der Waals surface area contributed by atoms with Crippen molar-refractivity contribution >= 4 is 41.7 Å². The second-order valence-corrected chi connectivity index (χ2v) is 28.5. The number of ether oxygens (including phenoxy) is 7. The average molecular weight is 1410 g/mol. The van der Waals surface area contributed by atoms with Crippen molar-refractivity contribution < 1.29 is 71.8 Å². The Morgan fingerprint density at radius 3 is 1.48 bits per heavy atom. The van der Waals surface area contributed by atoms with E-state index in [0.717, 1.165) is 64.2 Å². The van der Waals surface area contributed by atoms with E-state index in [1.54, 1.807) is 90.1 Å². The van der Waals surface area contributed by atoms with Crippen LogP contribution in [0.1, 0.15) is 207 Å². The first-order valence-corrected chi connectivity index (χ1v) is 37.0. The summed E-state index contributed by atoms with van der Waals surface area (Å²) in [6.07, 6.45) is 53.1. The maximum atomic E-state index is 16.8. The lowest BCUT2D eigenvalue weighted by Gasteiger charge is -2.78. The third-order valence-corrected chi connectivity index (χ3v) is 20.2. The Kier molecular flexibility index (Phi) is 31.1. The van der Waals surface area contributed by atoms with Crippen LogP contribution < -0.4 is 5.32 Å². The van der Waals surface area contributed by atoms with Gasteiger partial charge >= 0.3 is 35.9 Å². The molecule has 16 heteroatoms. The highest BCUT2D eigenvalue weighted by Crippen LogP contribution is 2.78. The van der Waals surface area contributed by atoms with Crippen molar-refractivity contribution in [2.75, 3.05) is 6.61 Å². The number of aliphatic hydroxyl groups is 1. The standard InChI is InChI=1S/C87H111NO15/c1-11-13-15-17-19-21-23-25-27-29-31-33-35-37-39-41-43-45-53-59-71(90)98-69-61-70-85(63-97-70,101-66(5)89)76-78(100-80(94)68-57-51-48-52-58-68)86(96)62-87(102-79(93)64(3)74(67-55-49-47-50-56-67)88-81(95)103-82(6,7)8)65(4)73(84(86,87)10)75(77(92)83(69,76)9)99-72(91)60-54-46-44-42-40-38-36-34-32-30-28-26-24-22-20-18-16-14-12-2/h13-16,19-22,25-28,31-34,37-40,43-52,55-58,64,69-70,74-76,78,96H,11-12,17-18,23-24,29-30,35-36,41-42,53-54,59-63H2,1-10H3,(H,88,95)/b15-13-,16-14-,21-19-,22-20-,27-25-,28-26-,33-31-,34-32-,39-37-,40-38-,45-43-,46-44-/t64-,69+,70-,74?,75-,76+,78+,83-,84?,85+,86-,87?/m1/s1. The van der Waals surface area contributed by atoms with Gasteiger partial charge in [0.1, 0.15) is 35.1 Å². The summed E-state index contributed by atoms with van der Waals surface area (Å²) in [6, 6.07) is 15.9. The highest BCUT2D eigenvalue weighted by molar-refractivity contribution is 5.97. The molecule has 103 heavy (non-hydrogen) atoms. The number of benzene rings is 2. The van der Waals surface area contributed by atoms with Gasteiger partial charge in [-0.15, -0.1) is 0 Å². The first kappa shape index (κ1) is 81.6. The van der Waals surface area contributed by atoms with Gasteiger partial charge in [-0.05, 0) is 167 Å². The monoisotopic (exact) mass is 1410 g/mol. The number of hydrogen-bond acceptors (Lipinski definition) is 15. The maximum Gasteiger partial charge on any atom is 0.408 e. The third-order valence-electron chi connectivity index (χ3n) is 20.2. The van der Waals surface area contributed by atoms with Crippen LogP contribution in [0, 0.1) is 22.7 Å². The van der Waals surface area contributed by atoms with Gasteiger partial charge < -0.3 is 43.6 Å². The molecule has 0 radical (unpaired) electrons. The van der Waals surface area contributed by atoms with E-state index in [9.17, 15) is 29.1 Å². The molecule has 4 aliphatic carbocycles. The highest BCUT2D eigenvalue weighted by Gasteiger charge is 2.90. The van der Waals surface area contributed by atoms with Gasteiger partial charge in [0.15, 0.2) is 17.5 Å². The van der Waals surface area contributed by atoms with Gasteiger partial charge in [-0.1, -0.05) is 208 Å². The van der Waals surface area contributed by atoms with Crippen molar-refractivity contribution in [2.45, 2.75) is 238 Å². The third kappa shape index (κ3) is 20.6. The van der Waals surface area contributed by atoms with Crippen molar-refractivity contribution in [1.29, 1.82) is 0 Å². The minimum Gasteiger partial charge on any atom is -0.461 e. The largest absolute Gasteiger partial charge is 0.461 e. The molecular weight excluding hydrogens is 1300 g/mol. The van der Waals surface area contributed by atoms with Gasteiger partial charge in [-0.25, -0.2) is 9.59 Å². The van der Waals surface area contributed by atoms with Crippen molar-refractivity contribution in [3.05, 3.63) is 229 Å². The molecule has 1 aliphatic heterocycles. The van der Waals surface area contributed by atoms with Crippen LogP contribution in [0.25, 0.3) is 0 Å². The van der Waals surface area contributed by atoms with Crippen LogP contribution in [0.2, 0.25) is 0 Å². The van der Waals surface area contributed by atoms with E-state index in [-0.39, 0.29) is 55.4 Å². The van der Waals surface area contributed by atoms with Crippen molar-refractivity contribution in [2.24, 2.45) is 22.7 Å². The Morgan fingerprint density at radius 2 is 1.05 bits per heavy atom. The van der Waals surface area contributed by atoms with Crippen LogP contribution in [-0.4, -0.2) is 100 Å². The molecule has 5 aliphatic rings. The Bertz CT molecular complexity index is 3610. The lowest BCUT2D eigenvalue weighted by atomic mass is 9.30. The Hall–Kier alpha value is -8.73. The Labute approximate surface area is 611 Å². The first-order valence-electron chi connectivity index (χ1n) is 37.0. The number of alkyl carbamates (subject to hydrolysis) is 1. The number of amides is 1. The number of Topliss-reactive ketones (excluding diaryl/α,β-unsaturated/α-hetero) is 1. The minimum absolute atomic E-state index is 0.0806. The summed E-state index contributed by atoms with van der Waals surface area (Å²) in [5.74, 6) is -7.47. The zero-order chi connectivity index (χ0) is 74.5. The second-order valence-electron chi connectivity index (χ2n) is 28.5. The summed E-state index contributed by atoms with van der Waals surface area (Å²) in [6.45, 7) is 16.6. The summed E-state index contributed by atoms with van der Waals surface area (Å²) in [7, 11) is 0. The lowest BCUT2D eigenvalue weighted by Crippen LogP contribution is -2.90. The van der Waals surface area contributed by atoms with E-state index >= 15 is 9.59 Å². The molecule has 0 spiro atoms. The predicted molar refractivity (Wildman–Crippen MR) is 403 cm³/mol. The normalized spacial score (nSPS) is 26.8. The zero-order valence-corrected chi connectivity index (χ0v) is 62.3. The van der Waals surface area contributed by atoms with E-state index in [4.69, 9.17) is 33.2 Å². The smallest absolute Gasteiger partial charge is 0.408 e. The van der Waals surface area contributed by atoms with Gasteiger partial charge in [-0.2, -0.15) is 0 Å². The zero-order valence-electron chi connectivity index (χ0n) is 62.3. The van der Waals surface area contributed by atoms with Crippen molar-refractivity contribution in [3.8, 4) is 0 Å². The maximum absolute atomic E-state index is 16.8. The molecule has 2 aromatic carbocycles. The fourth-order valence-corrected chi connectivity index (χ4v) is 14.9.